The minimum absolute atomic E-state index is 0.0448. The summed E-state index contributed by atoms with van der Waals surface area (Å²) < 4.78 is 19.2. The predicted octanol–water partition coefficient (Wildman–Crippen LogP) is 3.53. The summed E-state index contributed by atoms with van der Waals surface area (Å²) in [6.45, 7) is 1.93. The Morgan fingerprint density at radius 2 is 2.11 bits per heavy atom. The Bertz CT molecular complexity index is 979. The maximum absolute atomic E-state index is 13.8. The second-order valence-electron chi connectivity index (χ2n) is 6.70. The molecule has 1 amide bonds. The molecule has 1 unspecified atom stereocenters. The van der Waals surface area contributed by atoms with Gasteiger partial charge in [-0.2, -0.15) is 4.98 Å². The molecule has 0 radical (unpaired) electrons. The van der Waals surface area contributed by atoms with E-state index in [1.807, 2.05) is 30.3 Å². The molecule has 1 saturated heterocycles. The number of benzene rings is 2. The maximum atomic E-state index is 13.8. The molecule has 0 saturated carbocycles. The van der Waals surface area contributed by atoms with Crippen LogP contribution in [-0.4, -0.2) is 40.1 Å². The van der Waals surface area contributed by atoms with Gasteiger partial charge in [-0.3, -0.25) is 9.69 Å². The number of rotatable bonds is 5. The minimum atomic E-state index is -0.586. The van der Waals surface area contributed by atoms with Gasteiger partial charge in [-0.1, -0.05) is 35.0 Å². The van der Waals surface area contributed by atoms with E-state index in [4.69, 9.17) is 16.1 Å². The summed E-state index contributed by atoms with van der Waals surface area (Å²) in [5.41, 5.74) is 0.827. The van der Waals surface area contributed by atoms with Crippen LogP contribution in [0, 0.1) is 5.82 Å². The lowest BCUT2D eigenvalue weighted by Gasteiger charge is -2.15. The molecule has 1 fully saturated rings. The van der Waals surface area contributed by atoms with E-state index >= 15 is 0 Å². The molecule has 2 heterocycles. The lowest BCUT2D eigenvalue weighted by atomic mass is 10.1. The fourth-order valence-electron chi connectivity index (χ4n) is 3.24. The van der Waals surface area contributed by atoms with Crippen molar-refractivity contribution < 1.29 is 13.7 Å². The molecule has 6 nitrogen and oxygen atoms in total. The van der Waals surface area contributed by atoms with Crippen LogP contribution < -0.4 is 5.32 Å². The van der Waals surface area contributed by atoms with Crippen LogP contribution in [0.5, 0.6) is 0 Å². The molecular weight excluding hydrogens is 383 g/mol. The zero-order chi connectivity index (χ0) is 19.5. The van der Waals surface area contributed by atoms with Crippen LogP contribution in [0.25, 0.3) is 11.5 Å². The van der Waals surface area contributed by atoms with Gasteiger partial charge < -0.3 is 9.84 Å². The number of hydrogen-bond acceptors (Lipinski definition) is 5. The maximum Gasteiger partial charge on any atom is 0.257 e. The molecule has 1 atom stereocenters. The predicted molar refractivity (Wildman–Crippen MR) is 102 cm³/mol. The van der Waals surface area contributed by atoms with Crippen molar-refractivity contribution in [1.82, 2.24) is 20.4 Å². The van der Waals surface area contributed by atoms with Gasteiger partial charge in [0.2, 0.25) is 0 Å². The number of nitrogens with one attached hydrogen (secondary N) is 1. The molecule has 144 valence electrons. The topological polar surface area (TPSA) is 71.3 Å². The summed E-state index contributed by atoms with van der Waals surface area (Å²) in [5.74, 6) is 0.0255. The van der Waals surface area contributed by atoms with Gasteiger partial charge in [0.25, 0.3) is 11.8 Å². The number of halogens is 2. The first-order valence-corrected chi connectivity index (χ1v) is 9.32. The van der Waals surface area contributed by atoms with Crippen LogP contribution in [0.15, 0.2) is 53.1 Å². The molecular formula is C20H18ClFN4O2. The van der Waals surface area contributed by atoms with Crippen molar-refractivity contribution in [3.8, 4) is 11.5 Å². The van der Waals surface area contributed by atoms with Crippen molar-refractivity contribution in [3.05, 3.63) is 70.8 Å². The Morgan fingerprint density at radius 1 is 1.29 bits per heavy atom. The summed E-state index contributed by atoms with van der Waals surface area (Å²) in [5, 5.41) is 7.22. The third kappa shape index (κ3) is 4.21. The molecule has 1 aliphatic rings. The van der Waals surface area contributed by atoms with E-state index in [0.29, 0.717) is 29.8 Å². The van der Waals surface area contributed by atoms with Crippen molar-refractivity contribution >= 4 is 17.5 Å². The zero-order valence-corrected chi connectivity index (χ0v) is 15.7. The number of nitrogens with zero attached hydrogens (tertiary/aromatic N) is 3. The zero-order valence-electron chi connectivity index (χ0n) is 14.9. The highest BCUT2D eigenvalue weighted by Gasteiger charge is 2.26. The number of carbonyl (C=O) groups is 1. The fourth-order valence-corrected chi connectivity index (χ4v) is 3.42. The number of aromatic nitrogens is 2. The van der Waals surface area contributed by atoms with E-state index in [9.17, 15) is 9.18 Å². The summed E-state index contributed by atoms with van der Waals surface area (Å²) in [7, 11) is 0. The Balaban J connectivity index is 1.34. The molecule has 1 aliphatic heterocycles. The molecule has 8 heteroatoms. The van der Waals surface area contributed by atoms with Crippen LogP contribution in [0.4, 0.5) is 4.39 Å². The number of carbonyl (C=O) groups excluding carboxylic acids is 1. The van der Waals surface area contributed by atoms with Gasteiger partial charge in [0, 0.05) is 29.7 Å². The van der Waals surface area contributed by atoms with Gasteiger partial charge in [0.1, 0.15) is 5.82 Å². The average molecular weight is 401 g/mol. The third-order valence-electron chi connectivity index (χ3n) is 4.63. The largest absolute Gasteiger partial charge is 0.348 e. The lowest BCUT2D eigenvalue weighted by Crippen LogP contribution is -2.37. The van der Waals surface area contributed by atoms with E-state index in [2.05, 4.69) is 20.4 Å². The van der Waals surface area contributed by atoms with Gasteiger partial charge in [0.05, 0.1) is 12.1 Å². The second kappa shape index (κ2) is 8.08. The van der Waals surface area contributed by atoms with Crippen molar-refractivity contribution in [2.24, 2.45) is 0 Å². The first-order valence-electron chi connectivity index (χ1n) is 8.95. The Kier molecular flexibility index (Phi) is 5.36. The van der Waals surface area contributed by atoms with E-state index in [-0.39, 0.29) is 11.6 Å². The fraction of sp³-hybridized carbons (Fsp3) is 0.250. The lowest BCUT2D eigenvalue weighted by molar-refractivity contribution is 0.0933. The third-order valence-corrected chi connectivity index (χ3v) is 4.87. The standard InChI is InChI=1S/C20H18ClFN4O2/c21-14-6-7-17(22)16(10-14)19(27)23-15-8-9-26(11-15)12-18-24-20(28-25-18)13-4-2-1-3-5-13/h1-7,10,15H,8-9,11-12H2,(H,23,27). The smallest absolute Gasteiger partial charge is 0.257 e. The monoisotopic (exact) mass is 400 g/mol. The molecule has 0 aliphatic carbocycles. The summed E-state index contributed by atoms with van der Waals surface area (Å²) in [6, 6.07) is 13.4. The Morgan fingerprint density at radius 3 is 2.93 bits per heavy atom. The Hall–Kier alpha value is -2.77. The number of hydrogen-bond donors (Lipinski definition) is 1. The van der Waals surface area contributed by atoms with Crippen molar-refractivity contribution in [2.45, 2.75) is 19.0 Å². The molecule has 1 N–H and O–H groups in total. The molecule has 4 rings (SSSR count). The summed E-state index contributed by atoms with van der Waals surface area (Å²) >= 11 is 5.86. The quantitative estimate of drug-likeness (QED) is 0.709. The van der Waals surface area contributed by atoms with Crippen molar-refractivity contribution in [1.29, 1.82) is 0 Å². The van der Waals surface area contributed by atoms with E-state index in [1.54, 1.807) is 0 Å². The highest BCUT2D eigenvalue weighted by Crippen LogP contribution is 2.19. The second-order valence-corrected chi connectivity index (χ2v) is 7.14. The average Bonchev–Trinajstić information content (AvgIpc) is 3.34. The van der Waals surface area contributed by atoms with Crippen molar-refractivity contribution in [2.75, 3.05) is 13.1 Å². The molecule has 3 aromatic rings. The van der Waals surface area contributed by atoms with Gasteiger partial charge in [-0.25, -0.2) is 4.39 Å². The highest BCUT2D eigenvalue weighted by atomic mass is 35.5. The molecule has 0 bridgehead atoms. The van der Waals surface area contributed by atoms with Gasteiger partial charge >= 0.3 is 0 Å². The molecule has 28 heavy (non-hydrogen) atoms. The Labute approximate surface area is 166 Å². The summed E-state index contributed by atoms with van der Waals surface area (Å²) in [4.78, 5) is 18.9. The minimum Gasteiger partial charge on any atom is -0.348 e. The molecule has 0 spiro atoms. The first kappa shape index (κ1) is 18.6. The van der Waals surface area contributed by atoms with Crippen LogP contribution in [0.3, 0.4) is 0 Å². The van der Waals surface area contributed by atoms with E-state index < -0.39 is 11.7 Å². The summed E-state index contributed by atoms with van der Waals surface area (Å²) in [6.07, 6.45) is 0.761. The van der Waals surface area contributed by atoms with Gasteiger partial charge in [-0.15, -0.1) is 0 Å². The van der Waals surface area contributed by atoms with E-state index in [0.717, 1.165) is 18.5 Å². The highest BCUT2D eigenvalue weighted by molar-refractivity contribution is 6.31. The molecule has 2 aromatic carbocycles. The SMILES string of the molecule is O=C(NC1CCN(Cc2noc(-c3ccccc3)n2)C1)c1cc(Cl)ccc1F. The first-order chi connectivity index (χ1) is 13.6. The van der Waals surface area contributed by atoms with Crippen LogP contribution in [0.2, 0.25) is 5.02 Å². The van der Waals surface area contributed by atoms with Crippen LogP contribution in [-0.2, 0) is 6.54 Å². The normalized spacial score (nSPS) is 17.0. The number of amides is 1. The van der Waals surface area contributed by atoms with E-state index in [1.165, 1.54) is 18.2 Å². The van der Waals surface area contributed by atoms with Crippen LogP contribution in [0.1, 0.15) is 22.6 Å². The van der Waals surface area contributed by atoms with Crippen molar-refractivity contribution in [3.63, 3.8) is 0 Å². The molecule has 1 aromatic heterocycles. The number of likely N-dealkylation sites (tertiary alicyclic amines) is 1. The van der Waals surface area contributed by atoms with Gasteiger partial charge in [0.15, 0.2) is 5.82 Å². The van der Waals surface area contributed by atoms with Gasteiger partial charge in [-0.05, 0) is 36.8 Å². The van der Waals surface area contributed by atoms with Crippen LogP contribution >= 0.6 is 11.6 Å².